The molecule has 0 aromatic heterocycles. The normalized spacial score (nSPS) is 15.5. The van der Waals surface area contributed by atoms with Gasteiger partial charge in [-0.25, -0.2) is 4.79 Å². The lowest BCUT2D eigenvalue weighted by molar-refractivity contribution is 0.126. The van der Waals surface area contributed by atoms with Gasteiger partial charge in [0.25, 0.3) is 0 Å². The fourth-order valence-electron chi connectivity index (χ4n) is 4.25. The first kappa shape index (κ1) is 21.1. The number of amides is 2. The highest BCUT2D eigenvalue weighted by molar-refractivity contribution is 5.89. The van der Waals surface area contributed by atoms with Crippen LogP contribution in [0.1, 0.15) is 33.9 Å². The second-order valence-electron chi connectivity index (χ2n) is 8.49. The average molecular weight is 414 g/mol. The van der Waals surface area contributed by atoms with Gasteiger partial charge < -0.3 is 10.2 Å². The topological polar surface area (TPSA) is 35.6 Å². The van der Waals surface area contributed by atoms with Crippen LogP contribution in [0.15, 0.2) is 72.8 Å². The summed E-state index contributed by atoms with van der Waals surface area (Å²) < 4.78 is 0. The monoisotopic (exact) mass is 413 g/mol. The molecule has 0 spiro atoms. The second-order valence-corrected chi connectivity index (χ2v) is 8.49. The molecule has 160 valence electrons. The van der Waals surface area contributed by atoms with Crippen LogP contribution in [0.25, 0.3) is 0 Å². The lowest BCUT2D eigenvalue weighted by Gasteiger charge is -2.40. The van der Waals surface area contributed by atoms with E-state index in [-0.39, 0.29) is 12.1 Å². The van der Waals surface area contributed by atoms with Crippen molar-refractivity contribution in [3.63, 3.8) is 0 Å². The van der Waals surface area contributed by atoms with Gasteiger partial charge in [0, 0.05) is 31.9 Å². The van der Waals surface area contributed by atoms with E-state index >= 15 is 0 Å². The molecule has 1 aliphatic rings. The SMILES string of the molecule is Cc1ccc(NC(=O)N2CCN([C@H](c3ccc(C)cc3)c3ccccc3C)CC2)cc1. The zero-order valence-corrected chi connectivity index (χ0v) is 18.6. The zero-order chi connectivity index (χ0) is 21.8. The molecule has 1 atom stereocenters. The first-order valence-electron chi connectivity index (χ1n) is 11.0. The van der Waals surface area contributed by atoms with E-state index in [1.165, 1.54) is 27.8 Å². The van der Waals surface area contributed by atoms with Crippen molar-refractivity contribution in [3.05, 3.63) is 101 Å². The minimum atomic E-state index is -0.0220. The summed E-state index contributed by atoms with van der Waals surface area (Å²) in [5, 5.41) is 3.03. The molecule has 0 radical (unpaired) electrons. The van der Waals surface area contributed by atoms with Crippen LogP contribution in [0.3, 0.4) is 0 Å². The Balaban J connectivity index is 1.48. The van der Waals surface area contributed by atoms with Gasteiger partial charge in [0.15, 0.2) is 0 Å². The summed E-state index contributed by atoms with van der Waals surface area (Å²) in [5.74, 6) is 0. The maximum Gasteiger partial charge on any atom is 0.321 e. The third kappa shape index (κ3) is 4.97. The summed E-state index contributed by atoms with van der Waals surface area (Å²) in [6.45, 7) is 9.46. The molecule has 1 N–H and O–H groups in total. The molecule has 31 heavy (non-hydrogen) atoms. The Hall–Kier alpha value is -3.11. The van der Waals surface area contributed by atoms with Crippen molar-refractivity contribution < 1.29 is 4.79 Å². The standard InChI is InChI=1S/C27H31N3O/c1-20-8-12-23(13-9-20)26(25-7-5-4-6-22(25)3)29-16-18-30(19-17-29)27(31)28-24-14-10-21(2)11-15-24/h4-15,26H,16-19H2,1-3H3,(H,28,31)/t26-/m1/s1. The molecule has 4 nitrogen and oxygen atoms in total. The van der Waals surface area contributed by atoms with Crippen LogP contribution in [-0.4, -0.2) is 42.0 Å². The summed E-state index contributed by atoms with van der Waals surface area (Å²) >= 11 is 0. The van der Waals surface area contributed by atoms with Crippen molar-refractivity contribution >= 4 is 11.7 Å². The van der Waals surface area contributed by atoms with Gasteiger partial charge in [0.2, 0.25) is 0 Å². The van der Waals surface area contributed by atoms with Gasteiger partial charge in [-0.05, 0) is 49.6 Å². The molecule has 4 heteroatoms. The maximum atomic E-state index is 12.8. The summed E-state index contributed by atoms with van der Waals surface area (Å²) in [7, 11) is 0. The van der Waals surface area contributed by atoms with Gasteiger partial charge >= 0.3 is 6.03 Å². The van der Waals surface area contributed by atoms with Crippen LogP contribution < -0.4 is 5.32 Å². The van der Waals surface area contributed by atoms with E-state index in [0.29, 0.717) is 13.1 Å². The predicted molar refractivity (Wildman–Crippen MR) is 128 cm³/mol. The van der Waals surface area contributed by atoms with Crippen LogP contribution in [0.4, 0.5) is 10.5 Å². The number of aryl methyl sites for hydroxylation is 3. The fraction of sp³-hybridized carbons (Fsp3) is 0.296. The van der Waals surface area contributed by atoms with Gasteiger partial charge in [-0.3, -0.25) is 4.90 Å². The summed E-state index contributed by atoms with van der Waals surface area (Å²) in [6.07, 6.45) is 0. The highest BCUT2D eigenvalue weighted by atomic mass is 16.2. The smallest absolute Gasteiger partial charge is 0.321 e. The number of nitrogens with one attached hydrogen (secondary N) is 1. The third-order valence-corrected chi connectivity index (χ3v) is 6.15. The van der Waals surface area contributed by atoms with E-state index in [0.717, 1.165) is 18.8 Å². The Kier molecular flexibility index (Phi) is 6.38. The van der Waals surface area contributed by atoms with Crippen LogP contribution in [-0.2, 0) is 0 Å². The van der Waals surface area contributed by atoms with E-state index < -0.39 is 0 Å². The highest BCUT2D eigenvalue weighted by Gasteiger charge is 2.29. The molecular weight excluding hydrogens is 382 g/mol. The number of carbonyl (C=O) groups is 1. The van der Waals surface area contributed by atoms with E-state index in [2.05, 4.69) is 72.6 Å². The van der Waals surface area contributed by atoms with Gasteiger partial charge in [0.1, 0.15) is 0 Å². The number of hydrogen-bond donors (Lipinski definition) is 1. The summed E-state index contributed by atoms with van der Waals surface area (Å²) in [4.78, 5) is 17.2. The molecule has 0 unspecified atom stereocenters. The van der Waals surface area contributed by atoms with E-state index in [9.17, 15) is 4.79 Å². The molecule has 1 saturated heterocycles. The number of anilines is 1. The molecule has 0 aliphatic carbocycles. The molecule has 3 aromatic rings. The lowest BCUT2D eigenvalue weighted by Crippen LogP contribution is -2.51. The van der Waals surface area contributed by atoms with Gasteiger partial charge in [-0.1, -0.05) is 71.8 Å². The highest BCUT2D eigenvalue weighted by Crippen LogP contribution is 2.32. The van der Waals surface area contributed by atoms with Crippen LogP contribution in [0, 0.1) is 20.8 Å². The lowest BCUT2D eigenvalue weighted by atomic mass is 9.92. The number of piperazine rings is 1. The van der Waals surface area contributed by atoms with Crippen molar-refractivity contribution in [3.8, 4) is 0 Å². The molecule has 2 amide bonds. The molecule has 1 heterocycles. The molecule has 0 saturated carbocycles. The number of urea groups is 1. The Morgan fingerprint density at radius 1 is 0.774 bits per heavy atom. The zero-order valence-electron chi connectivity index (χ0n) is 18.6. The minimum absolute atomic E-state index is 0.0220. The average Bonchev–Trinajstić information content (AvgIpc) is 2.78. The Labute approximate surface area is 185 Å². The van der Waals surface area contributed by atoms with Gasteiger partial charge in [0.05, 0.1) is 6.04 Å². The van der Waals surface area contributed by atoms with Crippen molar-refractivity contribution in [2.45, 2.75) is 26.8 Å². The Morgan fingerprint density at radius 3 is 1.97 bits per heavy atom. The molecule has 1 aliphatic heterocycles. The summed E-state index contributed by atoms with van der Waals surface area (Å²) in [6, 6.07) is 25.6. The number of rotatable bonds is 4. The second kappa shape index (κ2) is 9.36. The number of carbonyl (C=O) groups excluding carboxylic acids is 1. The van der Waals surface area contributed by atoms with Crippen molar-refractivity contribution in [1.29, 1.82) is 0 Å². The molecule has 3 aromatic carbocycles. The minimum Gasteiger partial charge on any atom is -0.322 e. The van der Waals surface area contributed by atoms with E-state index in [1.807, 2.05) is 36.1 Å². The summed E-state index contributed by atoms with van der Waals surface area (Å²) in [5.41, 5.74) is 7.24. The Morgan fingerprint density at radius 2 is 1.35 bits per heavy atom. The maximum absolute atomic E-state index is 12.8. The van der Waals surface area contributed by atoms with Crippen molar-refractivity contribution in [2.24, 2.45) is 0 Å². The van der Waals surface area contributed by atoms with Crippen molar-refractivity contribution in [1.82, 2.24) is 9.80 Å². The fourth-order valence-corrected chi connectivity index (χ4v) is 4.25. The van der Waals surface area contributed by atoms with E-state index in [1.54, 1.807) is 0 Å². The van der Waals surface area contributed by atoms with Crippen LogP contribution >= 0.6 is 0 Å². The predicted octanol–water partition coefficient (Wildman–Crippen LogP) is 5.55. The first-order valence-corrected chi connectivity index (χ1v) is 11.0. The Bertz CT molecular complexity index is 1020. The quantitative estimate of drug-likeness (QED) is 0.609. The van der Waals surface area contributed by atoms with Gasteiger partial charge in [-0.2, -0.15) is 0 Å². The van der Waals surface area contributed by atoms with E-state index in [4.69, 9.17) is 0 Å². The molecular formula is C27H31N3O. The van der Waals surface area contributed by atoms with Gasteiger partial charge in [-0.15, -0.1) is 0 Å². The molecule has 1 fully saturated rings. The third-order valence-electron chi connectivity index (χ3n) is 6.15. The number of hydrogen-bond acceptors (Lipinski definition) is 2. The molecule has 0 bridgehead atoms. The largest absolute Gasteiger partial charge is 0.322 e. The first-order chi connectivity index (χ1) is 15.0. The number of benzene rings is 3. The number of nitrogens with zero attached hydrogens (tertiary/aromatic N) is 2. The van der Waals surface area contributed by atoms with Crippen molar-refractivity contribution in [2.75, 3.05) is 31.5 Å². The molecule has 4 rings (SSSR count). The van der Waals surface area contributed by atoms with Crippen LogP contribution in [0.2, 0.25) is 0 Å². The van der Waals surface area contributed by atoms with Crippen LogP contribution in [0.5, 0.6) is 0 Å².